The van der Waals surface area contributed by atoms with E-state index in [1.807, 2.05) is 12.1 Å². The largest absolute Gasteiger partial charge is 0.397 e. The van der Waals surface area contributed by atoms with E-state index < -0.39 is 0 Å². The Morgan fingerprint density at radius 3 is 2.62 bits per heavy atom. The van der Waals surface area contributed by atoms with Gasteiger partial charge in [0, 0.05) is 0 Å². The number of nitrogens with two attached hydrogens (primary N) is 2. The van der Waals surface area contributed by atoms with Crippen LogP contribution in [0.2, 0.25) is 0 Å². The molecule has 0 aromatic heterocycles. The van der Waals surface area contributed by atoms with E-state index in [1.165, 1.54) is 44.5 Å². The fourth-order valence-electron chi connectivity index (χ4n) is 2.35. The highest BCUT2D eigenvalue weighted by Crippen LogP contribution is 2.21. The molecule has 4 N–H and O–H groups in total. The first-order valence-electron chi connectivity index (χ1n) is 6.12. The molecule has 0 bridgehead atoms. The third-order valence-corrected chi connectivity index (χ3v) is 3.35. The fourth-order valence-corrected chi connectivity index (χ4v) is 2.35. The van der Waals surface area contributed by atoms with Crippen molar-refractivity contribution in [3.05, 3.63) is 23.8 Å². The molecule has 2 rings (SSSR count). The number of benzene rings is 1. The summed E-state index contributed by atoms with van der Waals surface area (Å²) in [7, 11) is 0. The van der Waals surface area contributed by atoms with E-state index >= 15 is 0 Å². The van der Waals surface area contributed by atoms with E-state index in [-0.39, 0.29) is 0 Å². The zero-order valence-corrected chi connectivity index (χ0v) is 9.78. The molecule has 0 radical (unpaired) electrons. The van der Waals surface area contributed by atoms with Crippen molar-refractivity contribution in [3.63, 3.8) is 0 Å². The van der Waals surface area contributed by atoms with Gasteiger partial charge in [0.15, 0.2) is 0 Å². The highest BCUT2D eigenvalue weighted by molar-refractivity contribution is 5.67. The van der Waals surface area contributed by atoms with E-state index in [4.69, 9.17) is 11.5 Å². The van der Waals surface area contributed by atoms with Crippen LogP contribution in [0.15, 0.2) is 18.2 Å². The van der Waals surface area contributed by atoms with Crippen LogP contribution in [0.4, 0.5) is 11.4 Å². The van der Waals surface area contributed by atoms with E-state index in [9.17, 15) is 0 Å². The quantitative estimate of drug-likeness (QED) is 0.760. The number of para-hydroxylation sites is 1. The number of hydrogen-bond donors (Lipinski definition) is 2. The van der Waals surface area contributed by atoms with Gasteiger partial charge in [-0.25, -0.2) is 0 Å². The molecule has 0 atom stereocenters. The topological polar surface area (TPSA) is 55.3 Å². The summed E-state index contributed by atoms with van der Waals surface area (Å²) in [6.45, 7) is 3.73. The van der Waals surface area contributed by atoms with Crippen LogP contribution < -0.4 is 11.5 Å². The highest BCUT2D eigenvalue weighted by Gasteiger charge is 2.10. The summed E-state index contributed by atoms with van der Waals surface area (Å²) in [5, 5.41) is 0. The summed E-state index contributed by atoms with van der Waals surface area (Å²) in [4.78, 5) is 2.53. The van der Waals surface area contributed by atoms with Gasteiger partial charge in [0.05, 0.1) is 11.4 Å². The van der Waals surface area contributed by atoms with Gasteiger partial charge >= 0.3 is 0 Å². The van der Waals surface area contributed by atoms with Gasteiger partial charge in [0.1, 0.15) is 0 Å². The van der Waals surface area contributed by atoms with Crippen LogP contribution in [0.3, 0.4) is 0 Å². The molecule has 0 amide bonds. The predicted molar refractivity (Wildman–Crippen MR) is 69.3 cm³/mol. The van der Waals surface area contributed by atoms with E-state index in [0.717, 1.165) is 12.1 Å². The Kier molecular flexibility index (Phi) is 3.67. The van der Waals surface area contributed by atoms with Crippen molar-refractivity contribution in [2.45, 2.75) is 25.7 Å². The Morgan fingerprint density at radius 1 is 1.12 bits per heavy atom. The molecule has 3 heteroatoms. The Labute approximate surface area is 97.4 Å². The van der Waals surface area contributed by atoms with Crippen LogP contribution in [-0.2, 0) is 6.42 Å². The Balaban J connectivity index is 1.82. The molecule has 1 saturated heterocycles. The van der Waals surface area contributed by atoms with Gasteiger partial charge in [-0.05, 0) is 56.9 Å². The van der Waals surface area contributed by atoms with Crippen LogP contribution in [0.5, 0.6) is 0 Å². The first kappa shape index (κ1) is 11.3. The van der Waals surface area contributed by atoms with Crippen molar-refractivity contribution in [1.82, 2.24) is 4.90 Å². The number of hydrogen-bond acceptors (Lipinski definition) is 3. The molecule has 1 aromatic rings. The lowest BCUT2D eigenvalue weighted by Crippen LogP contribution is -2.20. The third kappa shape index (κ3) is 2.67. The van der Waals surface area contributed by atoms with Gasteiger partial charge in [-0.2, -0.15) is 0 Å². The summed E-state index contributed by atoms with van der Waals surface area (Å²) >= 11 is 0. The molecule has 1 aliphatic rings. The molecular formula is C13H21N3. The van der Waals surface area contributed by atoms with Crippen LogP contribution >= 0.6 is 0 Å². The van der Waals surface area contributed by atoms with Crippen molar-refractivity contribution in [2.24, 2.45) is 0 Å². The zero-order chi connectivity index (χ0) is 11.4. The molecule has 1 aromatic carbocycles. The monoisotopic (exact) mass is 219 g/mol. The molecule has 1 fully saturated rings. The molecule has 0 saturated carbocycles. The Hall–Kier alpha value is -1.22. The van der Waals surface area contributed by atoms with Crippen LogP contribution in [-0.4, -0.2) is 24.5 Å². The molecule has 88 valence electrons. The standard InChI is InChI=1S/C13H21N3/c14-12-7-3-5-11(13(12)15)6-4-10-16-8-1-2-9-16/h3,5,7H,1-2,4,6,8-10,14-15H2. The van der Waals surface area contributed by atoms with Crippen LogP contribution in [0.25, 0.3) is 0 Å². The summed E-state index contributed by atoms with van der Waals surface area (Å²) in [5.74, 6) is 0. The highest BCUT2D eigenvalue weighted by atomic mass is 15.1. The minimum atomic E-state index is 0.707. The summed E-state index contributed by atoms with van der Waals surface area (Å²) in [6, 6.07) is 5.92. The number of nitrogens with zero attached hydrogens (tertiary/aromatic N) is 1. The summed E-state index contributed by atoms with van der Waals surface area (Å²) < 4.78 is 0. The van der Waals surface area contributed by atoms with Crippen molar-refractivity contribution >= 4 is 11.4 Å². The summed E-state index contributed by atoms with van der Waals surface area (Å²) in [6.07, 6.45) is 4.93. The van der Waals surface area contributed by atoms with Gasteiger partial charge in [0.2, 0.25) is 0 Å². The van der Waals surface area contributed by atoms with Gasteiger partial charge < -0.3 is 16.4 Å². The van der Waals surface area contributed by atoms with Crippen molar-refractivity contribution < 1.29 is 0 Å². The first-order valence-corrected chi connectivity index (χ1v) is 6.12. The second kappa shape index (κ2) is 5.21. The van der Waals surface area contributed by atoms with Gasteiger partial charge in [-0.3, -0.25) is 0 Å². The molecule has 0 aliphatic carbocycles. The van der Waals surface area contributed by atoms with E-state index in [2.05, 4.69) is 11.0 Å². The lowest BCUT2D eigenvalue weighted by atomic mass is 10.1. The lowest BCUT2D eigenvalue weighted by molar-refractivity contribution is 0.334. The molecular weight excluding hydrogens is 198 g/mol. The number of aryl methyl sites for hydroxylation is 1. The lowest BCUT2D eigenvalue weighted by Gasteiger charge is -2.14. The van der Waals surface area contributed by atoms with E-state index in [0.29, 0.717) is 5.69 Å². The normalized spacial score (nSPS) is 16.8. The van der Waals surface area contributed by atoms with Crippen LogP contribution in [0, 0.1) is 0 Å². The van der Waals surface area contributed by atoms with Gasteiger partial charge in [-0.15, -0.1) is 0 Å². The molecule has 0 unspecified atom stereocenters. The average Bonchev–Trinajstić information content (AvgIpc) is 2.77. The number of rotatable bonds is 4. The smallest absolute Gasteiger partial charge is 0.0580 e. The Bertz CT molecular complexity index is 343. The number of likely N-dealkylation sites (tertiary alicyclic amines) is 1. The van der Waals surface area contributed by atoms with Crippen molar-refractivity contribution in [1.29, 1.82) is 0 Å². The zero-order valence-electron chi connectivity index (χ0n) is 9.78. The van der Waals surface area contributed by atoms with Crippen LogP contribution in [0.1, 0.15) is 24.8 Å². The van der Waals surface area contributed by atoms with Crippen molar-refractivity contribution in [2.75, 3.05) is 31.1 Å². The molecule has 16 heavy (non-hydrogen) atoms. The predicted octanol–water partition coefficient (Wildman–Crippen LogP) is 1.88. The number of anilines is 2. The third-order valence-electron chi connectivity index (χ3n) is 3.35. The van der Waals surface area contributed by atoms with E-state index in [1.54, 1.807) is 0 Å². The van der Waals surface area contributed by atoms with Gasteiger partial charge in [-0.1, -0.05) is 12.1 Å². The molecule has 3 nitrogen and oxygen atoms in total. The average molecular weight is 219 g/mol. The minimum absolute atomic E-state index is 0.707. The molecule has 1 aliphatic heterocycles. The SMILES string of the molecule is Nc1cccc(CCCN2CCCC2)c1N. The van der Waals surface area contributed by atoms with Gasteiger partial charge in [0.25, 0.3) is 0 Å². The maximum absolute atomic E-state index is 5.94. The second-order valence-electron chi connectivity index (χ2n) is 4.57. The number of nitrogen functional groups attached to an aromatic ring is 2. The second-order valence-corrected chi connectivity index (χ2v) is 4.57. The Morgan fingerprint density at radius 2 is 1.88 bits per heavy atom. The first-order chi connectivity index (χ1) is 7.77. The molecule has 0 spiro atoms. The maximum atomic E-state index is 5.94. The minimum Gasteiger partial charge on any atom is -0.397 e. The maximum Gasteiger partial charge on any atom is 0.0580 e. The summed E-state index contributed by atoms with van der Waals surface area (Å²) in [5.41, 5.74) is 14.4. The van der Waals surface area contributed by atoms with Crippen molar-refractivity contribution in [3.8, 4) is 0 Å². The fraction of sp³-hybridized carbons (Fsp3) is 0.538. The molecule has 1 heterocycles.